The van der Waals surface area contributed by atoms with Crippen LogP contribution in [-0.4, -0.2) is 37.6 Å². The minimum atomic E-state index is -0.205. The quantitative estimate of drug-likeness (QED) is 0.621. The molecular weight excluding hydrogens is 252 g/mol. The monoisotopic (exact) mass is 272 g/mol. The molecule has 7 heteroatoms. The molecule has 6 nitrogen and oxygen atoms in total. The van der Waals surface area contributed by atoms with Gasteiger partial charge >= 0.3 is 0 Å². The molecule has 1 aromatic heterocycles. The Labute approximate surface area is 111 Å². The molecule has 1 amide bonds. The van der Waals surface area contributed by atoms with Crippen LogP contribution in [0.2, 0.25) is 0 Å². The van der Waals surface area contributed by atoms with Crippen molar-refractivity contribution in [2.75, 3.05) is 38.4 Å². The van der Waals surface area contributed by atoms with Gasteiger partial charge in [0.2, 0.25) is 0 Å². The number of methoxy groups -OCH3 is 1. The molecule has 0 fully saturated rings. The molecule has 0 radical (unpaired) electrons. The van der Waals surface area contributed by atoms with Crippen LogP contribution in [0.4, 0.5) is 10.8 Å². The third-order valence-electron chi connectivity index (χ3n) is 2.48. The maximum Gasteiger partial charge on any atom is 0.257 e. The largest absolute Gasteiger partial charge is 0.385 e. The molecule has 0 aliphatic rings. The van der Waals surface area contributed by atoms with Gasteiger partial charge in [0, 0.05) is 27.3 Å². The number of anilines is 2. The maximum absolute atomic E-state index is 11.6. The van der Waals surface area contributed by atoms with Crippen LogP contribution in [0.15, 0.2) is 0 Å². The van der Waals surface area contributed by atoms with Crippen molar-refractivity contribution in [3.63, 3.8) is 0 Å². The van der Waals surface area contributed by atoms with Crippen molar-refractivity contribution in [3.05, 3.63) is 5.56 Å². The van der Waals surface area contributed by atoms with E-state index in [4.69, 9.17) is 10.5 Å². The molecule has 4 N–H and O–H groups in total. The van der Waals surface area contributed by atoms with E-state index in [1.165, 1.54) is 11.5 Å². The lowest BCUT2D eigenvalue weighted by atomic mass is 10.2. The minimum Gasteiger partial charge on any atom is -0.385 e. The van der Waals surface area contributed by atoms with E-state index in [2.05, 4.69) is 15.0 Å². The zero-order chi connectivity index (χ0) is 13.4. The van der Waals surface area contributed by atoms with E-state index in [-0.39, 0.29) is 11.7 Å². The van der Waals surface area contributed by atoms with Crippen molar-refractivity contribution in [3.8, 4) is 0 Å². The van der Waals surface area contributed by atoms with Crippen LogP contribution in [0.5, 0.6) is 0 Å². The predicted molar refractivity (Wildman–Crippen MR) is 74.1 cm³/mol. The van der Waals surface area contributed by atoms with Gasteiger partial charge in [-0.2, -0.15) is 4.37 Å². The van der Waals surface area contributed by atoms with Crippen molar-refractivity contribution in [1.29, 1.82) is 0 Å². The Morgan fingerprint density at radius 3 is 2.89 bits per heavy atom. The number of hydrogen-bond acceptors (Lipinski definition) is 6. The fourth-order valence-electron chi connectivity index (χ4n) is 1.52. The molecule has 0 bridgehead atoms. The highest BCUT2D eigenvalue weighted by molar-refractivity contribution is 7.11. The summed E-state index contributed by atoms with van der Waals surface area (Å²) in [6, 6.07) is 0. The average Bonchev–Trinajstić information content (AvgIpc) is 2.74. The number of hydrogen-bond donors (Lipinski definition) is 3. The Hall–Kier alpha value is -1.34. The Morgan fingerprint density at radius 2 is 2.22 bits per heavy atom. The van der Waals surface area contributed by atoms with Crippen LogP contribution >= 0.6 is 11.5 Å². The number of amides is 1. The summed E-state index contributed by atoms with van der Waals surface area (Å²) in [5, 5.41) is 6.49. The number of aromatic nitrogens is 1. The van der Waals surface area contributed by atoms with Crippen molar-refractivity contribution >= 4 is 28.3 Å². The summed E-state index contributed by atoms with van der Waals surface area (Å²) in [6.45, 7) is 1.59. The van der Waals surface area contributed by atoms with Crippen molar-refractivity contribution in [2.45, 2.75) is 19.3 Å². The first-order chi connectivity index (χ1) is 8.70. The lowest BCUT2D eigenvalue weighted by molar-refractivity contribution is 0.0965. The van der Waals surface area contributed by atoms with Crippen LogP contribution in [0.1, 0.15) is 29.6 Å². The van der Waals surface area contributed by atoms with E-state index in [0.29, 0.717) is 5.56 Å². The summed E-state index contributed by atoms with van der Waals surface area (Å²) in [5.74, 6) is 0.0735. The topological polar surface area (TPSA) is 89.3 Å². The Morgan fingerprint density at radius 1 is 1.44 bits per heavy atom. The van der Waals surface area contributed by atoms with E-state index in [1.54, 1.807) is 14.2 Å². The van der Waals surface area contributed by atoms with Crippen LogP contribution in [0.3, 0.4) is 0 Å². The van der Waals surface area contributed by atoms with Gasteiger partial charge in [-0.15, -0.1) is 0 Å². The third-order valence-corrected chi connectivity index (χ3v) is 3.30. The highest BCUT2D eigenvalue weighted by Gasteiger charge is 2.17. The molecule has 1 heterocycles. The summed E-state index contributed by atoms with van der Waals surface area (Å²) in [6.07, 6.45) is 3.16. The predicted octanol–water partition coefficient (Wildman–Crippen LogP) is 1.31. The van der Waals surface area contributed by atoms with Gasteiger partial charge in [0.05, 0.1) is 0 Å². The lowest BCUT2D eigenvalue weighted by Crippen LogP contribution is -2.20. The number of unbranched alkanes of at least 4 members (excludes halogenated alkanes) is 2. The van der Waals surface area contributed by atoms with Gasteiger partial charge in [0.1, 0.15) is 10.6 Å². The zero-order valence-corrected chi connectivity index (χ0v) is 11.6. The smallest absolute Gasteiger partial charge is 0.257 e. The molecule has 102 valence electrons. The second-order valence-electron chi connectivity index (χ2n) is 3.83. The molecule has 0 aliphatic carbocycles. The summed E-state index contributed by atoms with van der Waals surface area (Å²) in [4.78, 5) is 11.6. The first-order valence-electron chi connectivity index (χ1n) is 5.90. The average molecular weight is 272 g/mol. The van der Waals surface area contributed by atoms with E-state index in [9.17, 15) is 4.79 Å². The third kappa shape index (κ3) is 4.15. The minimum absolute atomic E-state index is 0.205. The number of carbonyl (C=O) groups is 1. The number of nitrogens with two attached hydrogens (primary N) is 1. The molecule has 0 aromatic carbocycles. The summed E-state index contributed by atoms with van der Waals surface area (Å²) in [7, 11) is 3.28. The molecule has 0 unspecified atom stereocenters. The first-order valence-corrected chi connectivity index (χ1v) is 6.68. The number of carbonyl (C=O) groups excluding carboxylic acids is 1. The fourth-order valence-corrected chi connectivity index (χ4v) is 2.25. The van der Waals surface area contributed by atoms with Crippen molar-refractivity contribution in [1.82, 2.24) is 9.69 Å². The van der Waals surface area contributed by atoms with Gasteiger partial charge in [0.15, 0.2) is 5.82 Å². The highest BCUT2D eigenvalue weighted by Crippen LogP contribution is 2.26. The van der Waals surface area contributed by atoms with Gasteiger partial charge in [-0.1, -0.05) is 0 Å². The SMILES string of the molecule is CNC(=O)c1c(N)nsc1NCCCCCOC. The van der Waals surface area contributed by atoms with Gasteiger partial charge in [-0.05, 0) is 30.8 Å². The number of nitrogens with zero attached hydrogens (tertiary/aromatic N) is 1. The summed E-state index contributed by atoms with van der Waals surface area (Å²) >= 11 is 1.22. The van der Waals surface area contributed by atoms with Gasteiger partial charge in [-0.3, -0.25) is 4.79 Å². The molecule has 0 saturated heterocycles. The molecule has 18 heavy (non-hydrogen) atoms. The standard InChI is InChI=1S/C11H20N4O2S/c1-13-10(16)8-9(12)15-18-11(8)14-6-4-3-5-7-17-2/h14H,3-7H2,1-2H3,(H2,12,15)(H,13,16). The summed E-state index contributed by atoms with van der Waals surface area (Å²) < 4.78 is 8.97. The molecule has 0 aliphatic heterocycles. The lowest BCUT2D eigenvalue weighted by Gasteiger charge is -2.06. The van der Waals surface area contributed by atoms with E-state index >= 15 is 0 Å². The van der Waals surface area contributed by atoms with E-state index < -0.39 is 0 Å². The normalized spacial score (nSPS) is 10.3. The maximum atomic E-state index is 11.6. The number of ether oxygens (including phenoxy) is 1. The van der Waals surface area contributed by atoms with Gasteiger partial charge < -0.3 is 21.1 Å². The summed E-state index contributed by atoms with van der Waals surface area (Å²) in [5.41, 5.74) is 6.11. The second kappa shape index (κ2) is 7.88. The molecule has 0 atom stereocenters. The van der Waals surface area contributed by atoms with Gasteiger partial charge in [0.25, 0.3) is 5.91 Å². The molecule has 1 rings (SSSR count). The number of rotatable bonds is 8. The Bertz CT molecular complexity index is 381. The highest BCUT2D eigenvalue weighted by atomic mass is 32.1. The van der Waals surface area contributed by atoms with E-state index in [0.717, 1.165) is 37.4 Å². The first kappa shape index (κ1) is 14.7. The van der Waals surface area contributed by atoms with E-state index in [1.807, 2.05) is 0 Å². The fraction of sp³-hybridized carbons (Fsp3) is 0.636. The van der Waals surface area contributed by atoms with Crippen molar-refractivity contribution < 1.29 is 9.53 Å². The zero-order valence-electron chi connectivity index (χ0n) is 10.8. The second-order valence-corrected chi connectivity index (χ2v) is 4.60. The molecule has 0 saturated carbocycles. The Balaban J connectivity index is 2.40. The van der Waals surface area contributed by atoms with Crippen LogP contribution in [0.25, 0.3) is 0 Å². The Kier molecular flexibility index (Phi) is 6.45. The van der Waals surface area contributed by atoms with Crippen molar-refractivity contribution in [2.24, 2.45) is 0 Å². The van der Waals surface area contributed by atoms with Crippen LogP contribution in [-0.2, 0) is 4.74 Å². The molecule has 0 spiro atoms. The molecule has 1 aromatic rings. The number of nitrogens with one attached hydrogen (secondary N) is 2. The van der Waals surface area contributed by atoms with Crippen LogP contribution in [0, 0.1) is 0 Å². The van der Waals surface area contributed by atoms with Gasteiger partial charge in [-0.25, -0.2) is 0 Å². The molecular formula is C11H20N4O2S. The number of nitrogen functional groups attached to an aromatic ring is 1. The van der Waals surface area contributed by atoms with Crippen LogP contribution < -0.4 is 16.4 Å².